The van der Waals surface area contributed by atoms with E-state index in [2.05, 4.69) is 96.7 Å². The monoisotopic (exact) mass is 662 g/mol. The van der Waals surface area contributed by atoms with Gasteiger partial charge in [0.1, 0.15) is 0 Å². The van der Waals surface area contributed by atoms with Gasteiger partial charge in [0.25, 0.3) is 0 Å². The normalized spacial score (nSPS) is 12.3. The van der Waals surface area contributed by atoms with Crippen LogP contribution in [0.3, 0.4) is 0 Å². The van der Waals surface area contributed by atoms with Crippen LogP contribution in [0.5, 0.6) is 0 Å². The smallest absolute Gasteiger partial charge is 0.188 e. The number of hydrogen-bond acceptors (Lipinski definition) is 5. The molecule has 0 radical (unpaired) electrons. The lowest BCUT2D eigenvalue weighted by Crippen LogP contribution is -2.03. The maximum absolute atomic E-state index is 13.3. The van der Waals surface area contributed by atoms with Crippen LogP contribution in [0.15, 0.2) is 128 Å². The summed E-state index contributed by atoms with van der Waals surface area (Å²) in [6.45, 7) is 11.5. The maximum atomic E-state index is 13.3. The maximum Gasteiger partial charge on any atom is 0.188 e. The fourth-order valence-electron chi connectivity index (χ4n) is 7.07. The van der Waals surface area contributed by atoms with E-state index >= 15 is 0 Å². The number of benzene rings is 4. The van der Waals surface area contributed by atoms with Gasteiger partial charge in [-0.05, 0) is 128 Å². The molecule has 2 nitrogen and oxygen atoms in total. The molecule has 2 aliphatic carbocycles. The Morgan fingerprint density at radius 3 is 1.40 bits per heavy atom. The van der Waals surface area contributed by atoms with Gasteiger partial charge >= 0.3 is 0 Å². The molecular weight excluding hydrogens is 633 g/mol. The van der Waals surface area contributed by atoms with Crippen LogP contribution in [0, 0.1) is 0 Å². The van der Waals surface area contributed by atoms with Crippen LogP contribution in [0.25, 0.3) is 44.5 Å². The number of carbonyl (C=O) groups excluding carboxylic acids is 2. The molecule has 0 saturated carbocycles. The van der Waals surface area contributed by atoms with Crippen molar-refractivity contribution >= 4 is 46.0 Å². The average molecular weight is 663 g/mol. The fraction of sp³-hybridized carbons (Fsp3) is 0.0952. The van der Waals surface area contributed by atoms with E-state index in [0.717, 1.165) is 46.2 Å². The van der Waals surface area contributed by atoms with Crippen molar-refractivity contribution in [3.63, 3.8) is 0 Å². The second kappa shape index (κ2) is 11.6. The molecule has 2 aliphatic rings. The Kier molecular flexibility index (Phi) is 7.36. The molecular formula is C42H30O2S3. The zero-order chi connectivity index (χ0) is 32.4. The summed E-state index contributed by atoms with van der Waals surface area (Å²) in [6, 6.07) is 29.5. The molecule has 0 unspecified atom stereocenters. The van der Waals surface area contributed by atoms with E-state index < -0.39 is 0 Å². The molecule has 0 spiro atoms. The van der Waals surface area contributed by atoms with Gasteiger partial charge in [-0.3, -0.25) is 9.59 Å². The molecule has 6 aromatic rings. The van der Waals surface area contributed by atoms with Crippen molar-refractivity contribution in [2.75, 3.05) is 0 Å². The van der Waals surface area contributed by atoms with Gasteiger partial charge in [-0.15, -0.1) is 22.7 Å². The van der Waals surface area contributed by atoms with Gasteiger partial charge in [-0.1, -0.05) is 85.6 Å². The highest BCUT2D eigenvalue weighted by molar-refractivity contribution is 8.03. The van der Waals surface area contributed by atoms with E-state index in [1.54, 1.807) is 36.5 Å². The standard InChI is InChI=1S/C42H30O2S3/c1-23(2)39(43)33-15-13-29(35-21-25-9-5-7-11-27(25)37(33)35)31-17-19-45-41(31)47-42-32(18-20-46-42)30-14-16-34(40(44)24(3)4)38-28-12-8-6-10-26(28)22-36(30)38/h5-20H,1,3,21-22H2,2,4H3. The number of hydrogen-bond donors (Lipinski definition) is 0. The predicted molar refractivity (Wildman–Crippen MR) is 198 cm³/mol. The number of rotatable bonds is 8. The molecule has 0 amide bonds. The van der Waals surface area contributed by atoms with Crippen LogP contribution >= 0.6 is 34.4 Å². The number of fused-ring (bicyclic) bond motifs is 6. The Hall–Kier alpha value is -4.55. The average Bonchev–Trinajstić information content (AvgIpc) is 3.88. The van der Waals surface area contributed by atoms with Gasteiger partial charge in [-0.25, -0.2) is 0 Å². The van der Waals surface area contributed by atoms with Crippen molar-refractivity contribution in [1.82, 2.24) is 0 Å². The van der Waals surface area contributed by atoms with Crippen molar-refractivity contribution < 1.29 is 9.59 Å². The Labute approximate surface area is 287 Å². The van der Waals surface area contributed by atoms with Crippen molar-refractivity contribution in [1.29, 1.82) is 0 Å². The van der Waals surface area contributed by atoms with Gasteiger partial charge in [0.2, 0.25) is 0 Å². The predicted octanol–water partition coefficient (Wildman–Crippen LogP) is 12.0. The van der Waals surface area contributed by atoms with Crippen molar-refractivity contribution in [3.05, 3.63) is 153 Å². The lowest BCUT2D eigenvalue weighted by Gasteiger charge is -2.15. The molecule has 228 valence electrons. The number of Topliss-reactive ketones (excluding diaryl/α,β-unsaturated/α-hetero) is 2. The first kappa shape index (κ1) is 29.8. The summed E-state index contributed by atoms with van der Waals surface area (Å²) in [7, 11) is 0. The van der Waals surface area contributed by atoms with Crippen LogP contribution in [-0.4, -0.2) is 11.6 Å². The minimum Gasteiger partial charge on any atom is -0.289 e. The van der Waals surface area contributed by atoms with Crippen LogP contribution < -0.4 is 0 Å². The van der Waals surface area contributed by atoms with Gasteiger partial charge in [-0.2, -0.15) is 0 Å². The van der Waals surface area contributed by atoms with Gasteiger partial charge < -0.3 is 0 Å². The molecule has 4 aromatic carbocycles. The zero-order valence-corrected chi connectivity index (χ0v) is 28.6. The summed E-state index contributed by atoms with van der Waals surface area (Å²) in [5, 5.41) is 4.33. The summed E-state index contributed by atoms with van der Waals surface area (Å²) < 4.78 is 2.44. The van der Waals surface area contributed by atoms with Gasteiger partial charge in [0.05, 0.1) is 8.42 Å². The summed E-state index contributed by atoms with van der Waals surface area (Å²) in [4.78, 5) is 26.6. The Morgan fingerprint density at radius 2 is 0.979 bits per heavy atom. The summed E-state index contributed by atoms with van der Waals surface area (Å²) in [5.41, 5.74) is 16.6. The Morgan fingerprint density at radius 1 is 0.553 bits per heavy atom. The molecule has 8 rings (SSSR count). The van der Waals surface area contributed by atoms with Crippen LogP contribution in [0.4, 0.5) is 0 Å². The molecule has 0 saturated heterocycles. The second-order valence-corrected chi connectivity index (χ2v) is 15.6. The quantitative estimate of drug-likeness (QED) is 0.120. The van der Waals surface area contributed by atoms with Gasteiger partial charge in [0.15, 0.2) is 11.6 Å². The van der Waals surface area contributed by atoms with Crippen molar-refractivity contribution in [2.24, 2.45) is 0 Å². The Balaban J connectivity index is 1.21. The lowest BCUT2D eigenvalue weighted by molar-refractivity contribution is 0.102. The highest BCUT2D eigenvalue weighted by atomic mass is 32.2. The summed E-state index contributed by atoms with van der Waals surface area (Å²) in [5.74, 6) is -0.00315. The van der Waals surface area contributed by atoms with E-state index in [9.17, 15) is 9.59 Å². The molecule has 0 aliphatic heterocycles. The van der Waals surface area contributed by atoms with Crippen LogP contribution in [0.1, 0.15) is 56.8 Å². The first-order valence-electron chi connectivity index (χ1n) is 15.5. The minimum absolute atomic E-state index is 0.00157. The number of allylic oxidation sites excluding steroid dienone is 2. The van der Waals surface area contributed by atoms with E-state index in [4.69, 9.17) is 0 Å². The molecule has 0 atom stereocenters. The summed E-state index contributed by atoms with van der Waals surface area (Å²) in [6.07, 6.45) is 1.59. The zero-order valence-electron chi connectivity index (χ0n) is 26.1. The molecule has 0 bridgehead atoms. The fourth-order valence-corrected chi connectivity index (χ4v) is 10.5. The van der Waals surface area contributed by atoms with E-state index in [-0.39, 0.29) is 11.6 Å². The lowest BCUT2D eigenvalue weighted by atomic mass is 9.90. The molecule has 2 aromatic heterocycles. The van der Waals surface area contributed by atoms with E-state index in [1.807, 2.05) is 23.9 Å². The molecule has 0 fully saturated rings. The van der Waals surface area contributed by atoms with Crippen LogP contribution in [-0.2, 0) is 12.8 Å². The highest BCUT2D eigenvalue weighted by Crippen LogP contribution is 2.52. The van der Waals surface area contributed by atoms with Crippen LogP contribution in [0.2, 0.25) is 0 Å². The SMILES string of the molecule is C=C(C)C(=O)c1ccc(-c2ccsc2Sc2sccc2-c2ccc(C(=O)C(=C)C)c3c2Cc2ccccc2-3)c2c1-c1ccccc1C2. The van der Waals surface area contributed by atoms with Crippen molar-refractivity contribution in [3.8, 4) is 44.5 Å². The third-order valence-corrected chi connectivity index (χ3v) is 12.5. The third-order valence-electron chi connectivity index (χ3n) is 9.22. The van der Waals surface area contributed by atoms with Crippen molar-refractivity contribution in [2.45, 2.75) is 35.1 Å². The van der Waals surface area contributed by atoms with E-state index in [0.29, 0.717) is 11.1 Å². The molecule has 2 heterocycles. The van der Waals surface area contributed by atoms with Gasteiger partial charge in [0, 0.05) is 22.3 Å². The molecule has 0 N–H and O–H groups in total. The third kappa shape index (κ3) is 4.84. The second-order valence-electron chi connectivity index (χ2n) is 12.3. The molecule has 5 heteroatoms. The number of ketones is 2. The largest absolute Gasteiger partial charge is 0.289 e. The topological polar surface area (TPSA) is 34.1 Å². The number of thiophene rings is 2. The summed E-state index contributed by atoms with van der Waals surface area (Å²) >= 11 is 5.31. The first-order chi connectivity index (χ1) is 22.8. The highest BCUT2D eigenvalue weighted by Gasteiger charge is 2.30. The first-order valence-corrected chi connectivity index (χ1v) is 18.1. The Bertz CT molecular complexity index is 2170. The molecule has 47 heavy (non-hydrogen) atoms. The number of carbonyl (C=O) groups is 2. The van der Waals surface area contributed by atoms with E-state index in [1.165, 1.54) is 52.9 Å². The minimum atomic E-state index is -0.00157.